The molecule has 1 rings (SSSR count). The molecule has 0 bridgehead atoms. The molecule has 1 aromatic carbocycles. The van der Waals surface area contributed by atoms with Gasteiger partial charge in [-0.05, 0) is 38.2 Å². The predicted octanol–water partition coefficient (Wildman–Crippen LogP) is 4.20. The van der Waals surface area contributed by atoms with E-state index in [0.29, 0.717) is 16.7 Å². The minimum atomic E-state index is 0. The van der Waals surface area contributed by atoms with Crippen LogP contribution in [0.1, 0.15) is 26.7 Å². The molecule has 0 saturated heterocycles. The summed E-state index contributed by atoms with van der Waals surface area (Å²) in [6, 6.07) is 5.61. The van der Waals surface area contributed by atoms with Crippen molar-refractivity contribution in [2.24, 2.45) is 0 Å². The number of amides is 1. The monoisotopic (exact) mass is 336 g/mol. The van der Waals surface area contributed by atoms with Crippen LogP contribution in [0.3, 0.4) is 0 Å². The summed E-state index contributed by atoms with van der Waals surface area (Å²) in [5, 5.41) is 7.07. The highest BCUT2D eigenvalue weighted by Crippen LogP contribution is 2.32. The van der Waals surface area contributed by atoms with Gasteiger partial charge in [0.2, 0.25) is 5.91 Å². The zero-order valence-electron chi connectivity index (χ0n) is 12.0. The van der Waals surface area contributed by atoms with Gasteiger partial charge in [-0.2, -0.15) is 0 Å². The molecule has 0 fully saturated rings. The van der Waals surface area contributed by atoms with Crippen LogP contribution >= 0.6 is 35.8 Å². The topological polar surface area (TPSA) is 41.1 Å². The third kappa shape index (κ3) is 7.39. The Labute approximate surface area is 136 Å². The Morgan fingerprint density at radius 1 is 1.40 bits per heavy atom. The summed E-state index contributed by atoms with van der Waals surface area (Å²) in [6.07, 6.45) is 1.34. The van der Waals surface area contributed by atoms with E-state index in [1.54, 1.807) is 11.8 Å². The summed E-state index contributed by atoms with van der Waals surface area (Å²) in [4.78, 5) is 12.9. The Kier molecular flexibility index (Phi) is 10.1. The largest absolute Gasteiger partial charge is 0.325 e. The third-order valence-corrected chi connectivity index (χ3v) is 3.73. The number of rotatable bonds is 7. The zero-order chi connectivity index (χ0) is 14.3. The molecule has 0 aliphatic carbocycles. The van der Waals surface area contributed by atoms with E-state index in [1.165, 1.54) is 0 Å². The van der Waals surface area contributed by atoms with Crippen LogP contribution in [-0.2, 0) is 4.79 Å². The molecule has 2 N–H and O–H groups in total. The molecule has 1 aromatic rings. The summed E-state index contributed by atoms with van der Waals surface area (Å²) in [6.45, 7) is 5.09. The van der Waals surface area contributed by atoms with E-state index in [4.69, 9.17) is 11.6 Å². The first-order chi connectivity index (χ1) is 9.02. The SMILES string of the molecule is CNCCCC(=O)Nc1cc(Cl)ccc1SC(C)C.Cl. The van der Waals surface area contributed by atoms with Gasteiger partial charge in [-0.15, -0.1) is 24.2 Å². The van der Waals surface area contributed by atoms with Crippen molar-refractivity contribution in [1.29, 1.82) is 0 Å². The van der Waals surface area contributed by atoms with Crippen molar-refractivity contribution in [3.63, 3.8) is 0 Å². The highest BCUT2D eigenvalue weighted by molar-refractivity contribution is 8.00. The van der Waals surface area contributed by atoms with Crippen LogP contribution < -0.4 is 10.6 Å². The molecule has 0 spiro atoms. The number of hydrogen-bond donors (Lipinski definition) is 2. The Morgan fingerprint density at radius 3 is 2.70 bits per heavy atom. The molecule has 0 unspecified atom stereocenters. The second-order valence-corrected chi connectivity index (χ2v) is 6.62. The van der Waals surface area contributed by atoms with Gasteiger partial charge in [0.1, 0.15) is 0 Å². The van der Waals surface area contributed by atoms with Crippen molar-refractivity contribution < 1.29 is 4.79 Å². The van der Waals surface area contributed by atoms with E-state index in [1.807, 2.05) is 25.2 Å². The molecule has 0 heterocycles. The third-order valence-electron chi connectivity index (χ3n) is 2.41. The van der Waals surface area contributed by atoms with Crippen LogP contribution in [0.25, 0.3) is 0 Å². The fourth-order valence-electron chi connectivity index (χ4n) is 1.60. The van der Waals surface area contributed by atoms with Crippen LogP contribution in [0, 0.1) is 0 Å². The summed E-state index contributed by atoms with van der Waals surface area (Å²) >= 11 is 7.71. The van der Waals surface area contributed by atoms with E-state index >= 15 is 0 Å². The molecule has 114 valence electrons. The average Bonchev–Trinajstić information content (AvgIpc) is 2.32. The maximum atomic E-state index is 11.8. The van der Waals surface area contributed by atoms with Gasteiger partial charge in [0.05, 0.1) is 5.69 Å². The van der Waals surface area contributed by atoms with Gasteiger partial charge < -0.3 is 10.6 Å². The average molecular weight is 337 g/mol. The van der Waals surface area contributed by atoms with Crippen LogP contribution in [0.15, 0.2) is 23.1 Å². The Bertz CT molecular complexity index is 428. The second kappa shape index (κ2) is 10.3. The molecular formula is C14H22Cl2N2OS. The van der Waals surface area contributed by atoms with Crippen molar-refractivity contribution in [3.8, 4) is 0 Å². The zero-order valence-corrected chi connectivity index (χ0v) is 14.4. The molecule has 0 radical (unpaired) electrons. The van der Waals surface area contributed by atoms with Crippen LogP contribution in [0.4, 0.5) is 5.69 Å². The first-order valence-corrected chi connectivity index (χ1v) is 7.69. The number of anilines is 1. The Hall–Kier alpha value is -0.420. The highest BCUT2D eigenvalue weighted by Gasteiger charge is 2.09. The summed E-state index contributed by atoms with van der Waals surface area (Å²) in [7, 11) is 1.88. The van der Waals surface area contributed by atoms with Crippen molar-refractivity contribution in [3.05, 3.63) is 23.2 Å². The lowest BCUT2D eigenvalue weighted by Gasteiger charge is -2.13. The number of carbonyl (C=O) groups is 1. The lowest BCUT2D eigenvalue weighted by atomic mass is 10.2. The number of hydrogen-bond acceptors (Lipinski definition) is 3. The molecule has 0 aliphatic heterocycles. The van der Waals surface area contributed by atoms with E-state index in [2.05, 4.69) is 24.5 Å². The fourth-order valence-corrected chi connectivity index (χ4v) is 2.66. The summed E-state index contributed by atoms with van der Waals surface area (Å²) in [5.41, 5.74) is 0.806. The first-order valence-electron chi connectivity index (χ1n) is 6.43. The summed E-state index contributed by atoms with van der Waals surface area (Å²) in [5.74, 6) is 0.0307. The van der Waals surface area contributed by atoms with Gasteiger partial charge in [0.15, 0.2) is 0 Å². The number of halogens is 2. The molecular weight excluding hydrogens is 315 g/mol. The Balaban J connectivity index is 0.00000361. The molecule has 0 saturated carbocycles. The maximum absolute atomic E-state index is 11.8. The summed E-state index contributed by atoms with van der Waals surface area (Å²) < 4.78 is 0. The molecule has 3 nitrogen and oxygen atoms in total. The normalized spacial score (nSPS) is 10.2. The van der Waals surface area contributed by atoms with Gasteiger partial charge in [-0.25, -0.2) is 0 Å². The standard InChI is InChI=1S/C14H21ClN2OS.ClH/c1-10(2)19-13-7-6-11(15)9-12(13)17-14(18)5-4-8-16-3;/h6-7,9-10,16H,4-5,8H2,1-3H3,(H,17,18);1H. The van der Waals surface area contributed by atoms with Crippen molar-refractivity contribution >= 4 is 47.4 Å². The molecule has 1 amide bonds. The van der Waals surface area contributed by atoms with Crippen LogP contribution in [0.2, 0.25) is 5.02 Å². The van der Waals surface area contributed by atoms with Gasteiger partial charge in [-0.1, -0.05) is 25.4 Å². The van der Waals surface area contributed by atoms with E-state index in [9.17, 15) is 4.79 Å². The molecule has 0 aromatic heterocycles. The quantitative estimate of drug-likeness (QED) is 0.579. The van der Waals surface area contributed by atoms with Gasteiger partial charge >= 0.3 is 0 Å². The van der Waals surface area contributed by atoms with E-state index in [-0.39, 0.29) is 18.3 Å². The van der Waals surface area contributed by atoms with Crippen molar-refractivity contribution in [1.82, 2.24) is 5.32 Å². The number of carbonyl (C=O) groups excluding carboxylic acids is 1. The molecule has 6 heteroatoms. The number of benzene rings is 1. The van der Waals surface area contributed by atoms with Crippen molar-refractivity contribution in [2.75, 3.05) is 18.9 Å². The highest BCUT2D eigenvalue weighted by atomic mass is 35.5. The predicted molar refractivity (Wildman–Crippen MR) is 91.5 cm³/mol. The Morgan fingerprint density at radius 2 is 2.10 bits per heavy atom. The molecule has 0 atom stereocenters. The fraction of sp³-hybridized carbons (Fsp3) is 0.500. The lowest BCUT2D eigenvalue weighted by molar-refractivity contribution is -0.116. The lowest BCUT2D eigenvalue weighted by Crippen LogP contribution is -2.15. The van der Waals surface area contributed by atoms with Gasteiger partial charge in [0.25, 0.3) is 0 Å². The smallest absolute Gasteiger partial charge is 0.224 e. The van der Waals surface area contributed by atoms with Gasteiger partial charge in [-0.3, -0.25) is 4.79 Å². The number of thioether (sulfide) groups is 1. The second-order valence-electron chi connectivity index (χ2n) is 4.56. The first kappa shape index (κ1) is 19.6. The molecule has 20 heavy (non-hydrogen) atoms. The van der Waals surface area contributed by atoms with E-state index < -0.39 is 0 Å². The number of nitrogens with one attached hydrogen (secondary N) is 2. The maximum Gasteiger partial charge on any atom is 0.224 e. The van der Waals surface area contributed by atoms with Crippen LogP contribution in [0.5, 0.6) is 0 Å². The van der Waals surface area contributed by atoms with Gasteiger partial charge in [0, 0.05) is 21.6 Å². The van der Waals surface area contributed by atoms with Crippen molar-refractivity contribution in [2.45, 2.75) is 36.8 Å². The minimum absolute atomic E-state index is 0. The van der Waals surface area contributed by atoms with E-state index in [0.717, 1.165) is 23.5 Å². The molecule has 0 aliphatic rings. The minimum Gasteiger partial charge on any atom is -0.325 e. The van der Waals surface area contributed by atoms with Crippen LogP contribution in [-0.4, -0.2) is 24.7 Å².